The van der Waals surface area contributed by atoms with Gasteiger partial charge < -0.3 is 9.64 Å². The van der Waals surface area contributed by atoms with Gasteiger partial charge in [-0.2, -0.15) is 0 Å². The van der Waals surface area contributed by atoms with Gasteiger partial charge in [0.2, 0.25) is 0 Å². The largest absolute Gasteiger partial charge is 0.460 e. The number of anilines is 1. The smallest absolute Gasteiger partial charge is 0.338 e. The van der Waals surface area contributed by atoms with E-state index in [4.69, 9.17) is 4.74 Å². The first kappa shape index (κ1) is 18.7. The first-order chi connectivity index (χ1) is 14.1. The zero-order chi connectivity index (χ0) is 20.2. The minimum Gasteiger partial charge on any atom is -0.460 e. The van der Waals surface area contributed by atoms with E-state index in [9.17, 15) is 14.9 Å². The van der Waals surface area contributed by atoms with Crippen molar-refractivity contribution in [3.63, 3.8) is 0 Å². The number of nitro groups is 1. The summed E-state index contributed by atoms with van der Waals surface area (Å²) in [5, 5.41) is 11.1. The van der Waals surface area contributed by atoms with Crippen molar-refractivity contribution in [2.75, 3.05) is 11.5 Å². The highest BCUT2D eigenvalue weighted by molar-refractivity contribution is 5.89. The number of carbonyl (C=O) groups excluding carboxylic acids is 1. The predicted octanol–water partition coefficient (Wildman–Crippen LogP) is 4.38. The van der Waals surface area contributed by atoms with Gasteiger partial charge in [-0.3, -0.25) is 10.1 Å². The molecule has 0 radical (unpaired) electrons. The van der Waals surface area contributed by atoms with Crippen LogP contribution in [0.3, 0.4) is 0 Å². The maximum Gasteiger partial charge on any atom is 0.338 e. The highest BCUT2D eigenvalue weighted by Gasteiger charge is 2.31. The molecule has 0 spiro atoms. The van der Waals surface area contributed by atoms with Gasteiger partial charge in [-0.25, -0.2) is 4.79 Å². The van der Waals surface area contributed by atoms with Gasteiger partial charge in [-0.1, -0.05) is 48.5 Å². The van der Waals surface area contributed by atoms with Gasteiger partial charge in [0.15, 0.2) is 0 Å². The van der Waals surface area contributed by atoms with Crippen molar-refractivity contribution in [2.24, 2.45) is 0 Å². The van der Waals surface area contributed by atoms with E-state index in [1.54, 1.807) is 36.4 Å². The number of fused-ring (bicyclic) bond motifs is 1. The molecule has 0 aliphatic carbocycles. The van der Waals surface area contributed by atoms with Crippen molar-refractivity contribution in [3.8, 4) is 0 Å². The summed E-state index contributed by atoms with van der Waals surface area (Å²) >= 11 is 0. The van der Waals surface area contributed by atoms with Gasteiger partial charge in [0.1, 0.15) is 6.61 Å². The number of carbonyl (C=O) groups is 1. The van der Waals surface area contributed by atoms with Crippen molar-refractivity contribution in [2.45, 2.75) is 19.0 Å². The van der Waals surface area contributed by atoms with Gasteiger partial charge in [-0.15, -0.1) is 0 Å². The molecule has 0 saturated heterocycles. The van der Waals surface area contributed by atoms with Gasteiger partial charge in [0.05, 0.1) is 16.5 Å². The molecule has 3 aromatic carbocycles. The molecule has 4 rings (SSSR count). The van der Waals surface area contributed by atoms with Gasteiger partial charge in [-0.05, 0) is 35.7 Å². The maximum atomic E-state index is 12.4. The number of esters is 1. The number of hydrogen-bond acceptors (Lipinski definition) is 5. The molecule has 0 bridgehead atoms. The van der Waals surface area contributed by atoms with Crippen LogP contribution >= 0.6 is 0 Å². The molecular weight excluding hydrogens is 368 g/mol. The second-order valence-electron chi connectivity index (χ2n) is 7.01. The van der Waals surface area contributed by atoms with Crippen LogP contribution in [-0.4, -0.2) is 23.5 Å². The lowest BCUT2D eigenvalue weighted by Crippen LogP contribution is -2.36. The van der Waals surface area contributed by atoms with Crippen LogP contribution in [-0.2, 0) is 17.7 Å². The molecule has 0 unspecified atom stereocenters. The molecule has 1 aliphatic heterocycles. The van der Waals surface area contributed by atoms with Crippen LogP contribution in [0, 0.1) is 10.1 Å². The van der Waals surface area contributed by atoms with Crippen LogP contribution in [0.2, 0.25) is 0 Å². The molecule has 0 saturated carbocycles. The minimum atomic E-state index is -0.384. The van der Waals surface area contributed by atoms with Crippen molar-refractivity contribution in [1.82, 2.24) is 0 Å². The van der Waals surface area contributed by atoms with Crippen molar-refractivity contribution in [3.05, 3.63) is 106 Å². The van der Waals surface area contributed by atoms with Crippen LogP contribution in [0.5, 0.6) is 0 Å². The molecule has 0 amide bonds. The average molecular weight is 388 g/mol. The first-order valence-corrected chi connectivity index (χ1v) is 9.42. The monoisotopic (exact) mass is 388 g/mol. The lowest BCUT2D eigenvalue weighted by atomic mass is 10.1. The molecule has 0 N–H and O–H groups in total. The molecule has 1 heterocycles. The standard InChI is InChI=1S/C23H20N2O4/c26-23(18-9-5-2-6-10-18)29-16-21-14-19-13-20(25(27)28)11-12-22(19)24(21)15-17-7-3-1-4-8-17/h1-13,21H,14-16H2/t21-/m0/s1. The third kappa shape index (κ3) is 4.11. The summed E-state index contributed by atoms with van der Waals surface area (Å²) in [7, 11) is 0. The van der Waals surface area contributed by atoms with Crippen molar-refractivity contribution in [1.29, 1.82) is 0 Å². The molecule has 146 valence electrons. The van der Waals surface area contributed by atoms with Gasteiger partial charge >= 0.3 is 5.97 Å². The Morgan fingerprint density at radius 1 is 1.03 bits per heavy atom. The second-order valence-corrected chi connectivity index (χ2v) is 7.01. The molecular formula is C23H20N2O4. The Bertz CT molecular complexity index is 1020. The van der Waals surface area contributed by atoms with Crippen LogP contribution in [0.1, 0.15) is 21.5 Å². The molecule has 1 atom stereocenters. The fraction of sp³-hybridized carbons (Fsp3) is 0.174. The summed E-state index contributed by atoms with van der Waals surface area (Å²) in [6.07, 6.45) is 0.589. The molecule has 6 heteroatoms. The summed E-state index contributed by atoms with van der Waals surface area (Å²) < 4.78 is 5.57. The zero-order valence-electron chi connectivity index (χ0n) is 15.7. The maximum absolute atomic E-state index is 12.4. The molecule has 3 aromatic rings. The van der Waals surface area contributed by atoms with Gasteiger partial charge in [0, 0.05) is 24.4 Å². The lowest BCUT2D eigenvalue weighted by molar-refractivity contribution is -0.384. The number of benzene rings is 3. The Labute approximate surface area is 168 Å². The average Bonchev–Trinajstić information content (AvgIpc) is 3.10. The number of nitrogens with zero attached hydrogens (tertiary/aromatic N) is 2. The Hall–Kier alpha value is -3.67. The molecule has 6 nitrogen and oxygen atoms in total. The number of hydrogen-bond donors (Lipinski definition) is 0. The Morgan fingerprint density at radius 3 is 2.41 bits per heavy atom. The molecule has 1 aliphatic rings. The van der Waals surface area contributed by atoms with E-state index in [0.717, 1.165) is 16.8 Å². The lowest BCUT2D eigenvalue weighted by Gasteiger charge is -2.27. The highest BCUT2D eigenvalue weighted by Crippen LogP contribution is 2.36. The minimum absolute atomic E-state index is 0.0744. The van der Waals surface area contributed by atoms with E-state index in [0.29, 0.717) is 18.5 Å². The Kier molecular flexibility index (Phi) is 5.24. The summed E-state index contributed by atoms with van der Waals surface area (Å²) in [4.78, 5) is 25.3. The van der Waals surface area contributed by atoms with E-state index in [1.165, 1.54) is 6.07 Å². The third-order valence-corrected chi connectivity index (χ3v) is 5.09. The van der Waals surface area contributed by atoms with Crippen LogP contribution in [0.4, 0.5) is 11.4 Å². The van der Waals surface area contributed by atoms with E-state index < -0.39 is 0 Å². The van der Waals surface area contributed by atoms with E-state index in [2.05, 4.69) is 4.90 Å². The second kappa shape index (κ2) is 8.14. The number of ether oxygens (including phenoxy) is 1. The van der Waals surface area contributed by atoms with Crippen LogP contribution in [0.25, 0.3) is 0 Å². The summed E-state index contributed by atoms with van der Waals surface area (Å²) in [5.41, 5.74) is 3.55. The summed E-state index contributed by atoms with van der Waals surface area (Å²) in [6.45, 7) is 0.849. The Balaban J connectivity index is 1.55. The fourth-order valence-electron chi connectivity index (χ4n) is 3.66. The number of nitro benzene ring substituents is 1. The molecule has 29 heavy (non-hydrogen) atoms. The predicted molar refractivity (Wildman–Crippen MR) is 110 cm³/mol. The van der Waals surface area contributed by atoms with Gasteiger partial charge in [0.25, 0.3) is 5.69 Å². The molecule has 0 fully saturated rings. The molecule has 0 aromatic heterocycles. The summed E-state index contributed by atoms with van der Waals surface area (Å²) in [5.74, 6) is -0.368. The number of non-ortho nitro benzene ring substituents is 1. The Morgan fingerprint density at radius 2 is 1.72 bits per heavy atom. The fourth-order valence-corrected chi connectivity index (χ4v) is 3.66. The zero-order valence-corrected chi connectivity index (χ0v) is 15.7. The van der Waals surface area contributed by atoms with E-state index >= 15 is 0 Å². The highest BCUT2D eigenvalue weighted by atomic mass is 16.6. The van der Waals surface area contributed by atoms with Crippen molar-refractivity contribution < 1.29 is 14.5 Å². The quantitative estimate of drug-likeness (QED) is 0.356. The first-order valence-electron chi connectivity index (χ1n) is 9.42. The SMILES string of the molecule is O=C(OC[C@@H]1Cc2cc([N+](=O)[O-])ccc2N1Cc1ccccc1)c1ccccc1. The normalized spacial score (nSPS) is 15.0. The van der Waals surface area contributed by atoms with E-state index in [-0.39, 0.29) is 29.2 Å². The van der Waals surface area contributed by atoms with Crippen LogP contribution in [0.15, 0.2) is 78.9 Å². The van der Waals surface area contributed by atoms with Crippen molar-refractivity contribution >= 4 is 17.3 Å². The third-order valence-electron chi connectivity index (χ3n) is 5.09. The topological polar surface area (TPSA) is 72.7 Å². The summed E-state index contributed by atoms with van der Waals surface area (Å²) in [6, 6.07) is 23.7. The van der Waals surface area contributed by atoms with E-state index in [1.807, 2.05) is 36.4 Å². The van der Waals surface area contributed by atoms with Crippen LogP contribution < -0.4 is 4.90 Å². The number of rotatable bonds is 6.